The summed E-state index contributed by atoms with van der Waals surface area (Å²) < 4.78 is 7.02. The fourth-order valence-electron chi connectivity index (χ4n) is 4.19. The number of aromatic nitrogens is 2. The van der Waals surface area contributed by atoms with E-state index < -0.39 is 18.0 Å². The van der Waals surface area contributed by atoms with E-state index in [1.165, 1.54) is 19.1 Å². The van der Waals surface area contributed by atoms with Crippen molar-refractivity contribution in [2.75, 3.05) is 5.32 Å². The molecule has 1 aliphatic rings. The summed E-state index contributed by atoms with van der Waals surface area (Å²) in [7, 11) is 0. The number of nitrogens with zero attached hydrogens (tertiary/aromatic N) is 2. The van der Waals surface area contributed by atoms with E-state index in [0.29, 0.717) is 23.2 Å². The topological polar surface area (TPSA) is 107 Å². The second-order valence-electron chi connectivity index (χ2n) is 8.71. The van der Waals surface area contributed by atoms with Gasteiger partial charge in [-0.1, -0.05) is 42.5 Å². The third-order valence-corrected chi connectivity index (χ3v) is 6.14. The van der Waals surface area contributed by atoms with Crippen LogP contribution in [0, 0.1) is 0 Å². The van der Waals surface area contributed by atoms with E-state index in [9.17, 15) is 19.2 Å². The SMILES string of the molecule is CC(OC(=O)CCc1cnn(-c2ccccc2)c1)C(=O)Nc1ccc2c(c1)C(=O)c1ccccc1C2=O. The number of fused-ring (bicyclic) bond motifs is 2. The number of nitrogens with one attached hydrogen (secondary N) is 1. The molecule has 8 heteroatoms. The second-order valence-corrected chi connectivity index (χ2v) is 8.71. The molecule has 1 amide bonds. The summed E-state index contributed by atoms with van der Waals surface area (Å²) >= 11 is 0. The third-order valence-electron chi connectivity index (χ3n) is 6.14. The van der Waals surface area contributed by atoms with Crippen molar-refractivity contribution >= 4 is 29.1 Å². The van der Waals surface area contributed by atoms with Gasteiger partial charge >= 0.3 is 5.97 Å². The fourth-order valence-corrected chi connectivity index (χ4v) is 4.19. The molecule has 0 bridgehead atoms. The van der Waals surface area contributed by atoms with Crippen LogP contribution in [0.25, 0.3) is 5.69 Å². The van der Waals surface area contributed by atoms with Gasteiger partial charge in [-0.3, -0.25) is 19.2 Å². The summed E-state index contributed by atoms with van der Waals surface area (Å²) in [6.07, 6.45) is 3.00. The molecule has 0 spiro atoms. The number of hydrogen-bond acceptors (Lipinski definition) is 6. The van der Waals surface area contributed by atoms with Crippen molar-refractivity contribution in [2.24, 2.45) is 0 Å². The Morgan fingerprint density at radius 3 is 2.27 bits per heavy atom. The van der Waals surface area contributed by atoms with Gasteiger partial charge in [0.15, 0.2) is 17.7 Å². The predicted octanol–water partition coefficient (Wildman–Crippen LogP) is 4.15. The highest BCUT2D eigenvalue weighted by molar-refractivity contribution is 6.28. The van der Waals surface area contributed by atoms with E-state index in [-0.39, 0.29) is 29.1 Å². The molecule has 3 aromatic carbocycles. The molecule has 0 saturated carbocycles. The Labute approximate surface area is 212 Å². The van der Waals surface area contributed by atoms with E-state index in [0.717, 1.165) is 11.3 Å². The van der Waals surface area contributed by atoms with Crippen LogP contribution in [0.4, 0.5) is 5.69 Å². The van der Waals surface area contributed by atoms with Crippen LogP contribution in [0.5, 0.6) is 0 Å². The Kier molecular flexibility index (Phi) is 6.47. The zero-order valence-electron chi connectivity index (χ0n) is 20.0. The van der Waals surface area contributed by atoms with Gasteiger partial charge in [0.25, 0.3) is 5.91 Å². The molecule has 0 saturated heterocycles. The number of aryl methyl sites for hydroxylation is 1. The smallest absolute Gasteiger partial charge is 0.306 e. The summed E-state index contributed by atoms with van der Waals surface area (Å²) in [5.41, 5.74) is 3.33. The Bertz CT molecular complexity index is 1520. The number of ketones is 2. The van der Waals surface area contributed by atoms with Crippen LogP contribution >= 0.6 is 0 Å². The Morgan fingerprint density at radius 2 is 1.54 bits per heavy atom. The number of carbonyl (C=O) groups is 4. The largest absolute Gasteiger partial charge is 0.453 e. The number of anilines is 1. The number of benzene rings is 3. The fraction of sp³-hybridized carbons (Fsp3) is 0.138. The average Bonchev–Trinajstić information content (AvgIpc) is 3.40. The number of para-hydroxylation sites is 1. The van der Waals surface area contributed by atoms with Crippen LogP contribution in [0.3, 0.4) is 0 Å². The lowest BCUT2D eigenvalue weighted by Gasteiger charge is -2.19. The standard InChI is InChI=1S/C29H23N3O5/c1-18(37-26(33)14-11-19-16-30-32(17-19)21-7-3-2-4-8-21)29(36)31-20-12-13-24-25(15-20)28(35)23-10-6-5-9-22(23)27(24)34/h2-10,12-13,15-18H,11,14H2,1H3,(H,31,36). The zero-order chi connectivity index (χ0) is 25.9. The number of rotatable bonds is 7. The highest BCUT2D eigenvalue weighted by atomic mass is 16.5. The van der Waals surface area contributed by atoms with Gasteiger partial charge in [-0.2, -0.15) is 5.10 Å². The van der Waals surface area contributed by atoms with E-state index in [4.69, 9.17) is 4.74 Å². The van der Waals surface area contributed by atoms with Crippen LogP contribution < -0.4 is 5.32 Å². The molecule has 1 aliphatic carbocycles. The van der Waals surface area contributed by atoms with Crippen molar-refractivity contribution in [1.29, 1.82) is 0 Å². The molecule has 1 heterocycles. The molecular weight excluding hydrogens is 470 g/mol. The normalized spacial score (nSPS) is 12.9. The summed E-state index contributed by atoms with van der Waals surface area (Å²) in [5, 5.41) is 6.97. The van der Waals surface area contributed by atoms with Crippen LogP contribution in [-0.2, 0) is 20.7 Å². The molecule has 8 nitrogen and oxygen atoms in total. The van der Waals surface area contributed by atoms with Crippen molar-refractivity contribution in [3.05, 3.63) is 113 Å². The van der Waals surface area contributed by atoms with E-state index in [2.05, 4.69) is 10.4 Å². The molecule has 1 unspecified atom stereocenters. The van der Waals surface area contributed by atoms with Crippen molar-refractivity contribution in [1.82, 2.24) is 9.78 Å². The minimum absolute atomic E-state index is 0.0902. The maximum absolute atomic E-state index is 12.9. The molecule has 1 atom stereocenters. The van der Waals surface area contributed by atoms with Crippen molar-refractivity contribution in [3.8, 4) is 5.69 Å². The van der Waals surface area contributed by atoms with Gasteiger partial charge in [0.05, 0.1) is 11.9 Å². The number of carbonyl (C=O) groups excluding carboxylic acids is 4. The van der Waals surface area contributed by atoms with Crippen molar-refractivity contribution in [3.63, 3.8) is 0 Å². The third kappa shape index (κ3) is 4.95. The summed E-state index contributed by atoms with van der Waals surface area (Å²) in [5.74, 6) is -1.57. The Morgan fingerprint density at radius 1 is 0.892 bits per heavy atom. The number of hydrogen-bond donors (Lipinski definition) is 1. The molecule has 37 heavy (non-hydrogen) atoms. The first kappa shape index (κ1) is 23.9. The molecule has 1 aromatic heterocycles. The first-order chi connectivity index (χ1) is 17.9. The van der Waals surface area contributed by atoms with Gasteiger partial charge in [0.2, 0.25) is 0 Å². The Balaban J connectivity index is 1.17. The molecule has 184 valence electrons. The number of esters is 1. The lowest BCUT2D eigenvalue weighted by atomic mass is 9.84. The van der Waals surface area contributed by atoms with E-state index >= 15 is 0 Å². The highest BCUT2D eigenvalue weighted by Crippen LogP contribution is 2.29. The van der Waals surface area contributed by atoms with Gasteiger partial charge in [0, 0.05) is 40.6 Å². The molecule has 1 N–H and O–H groups in total. The van der Waals surface area contributed by atoms with Crippen LogP contribution in [0.2, 0.25) is 0 Å². The second kappa shape index (κ2) is 10.0. The monoisotopic (exact) mass is 493 g/mol. The minimum atomic E-state index is -1.05. The van der Waals surface area contributed by atoms with Crippen LogP contribution in [-0.4, -0.2) is 39.3 Å². The molecule has 0 aliphatic heterocycles. The lowest BCUT2D eigenvalue weighted by Crippen LogP contribution is -2.30. The summed E-state index contributed by atoms with van der Waals surface area (Å²) in [6.45, 7) is 1.48. The quantitative estimate of drug-likeness (QED) is 0.341. The van der Waals surface area contributed by atoms with Crippen molar-refractivity contribution < 1.29 is 23.9 Å². The first-order valence-corrected chi connectivity index (χ1v) is 11.8. The number of ether oxygens (including phenoxy) is 1. The average molecular weight is 494 g/mol. The van der Waals surface area contributed by atoms with Gasteiger partial charge in [-0.15, -0.1) is 0 Å². The van der Waals surface area contributed by atoms with Gasteiger partial charge in [-0.25, -0.2) is 4.68 Å². The predicted molar refractivity (Wildman–Crippen MR) is 136 cm³/mol. The first-order valence-electron chi connectivity index (χ1n) is 11.8. The summed E-state index contributed by atoms with van der Waals surface area (Å²) in [6, 6.07) is 20.8. The molecule has 5 rings (SSSR count). The minimum Gasteiger partial charge on any atom is -0.453 e. The molecule has 4 aromatic rings. The lowest BCUT2D eigenvalue weighted by molar-refractivity contribution is -0.153. The van der Waals surface area contributed by atoms with E-state index in [1.54, 1.807) is 41.2 Å². The highest BCUT2D eigenvalue weighted by Gasteiger charge is 2.29. The maximum Gasteiger partial charge on any atom is 0.306 e. The Hall–Kier alpha value is -4.85. The number of amides is 1. The maximum atomic E-state index is 12.9. The van der Waals surface area contributed by atoms with Gasteiger partial charge in [0.1, 0.15) is 0 Å². The van der Waals surface area contributed by atoms with Crippen molar-refractivity contribution in [2.45, 2.75) is 25.9 Å². The molecule has 0 radical (unpaired) electrons. The zero-order valence-corrected chi connectivity index (χ0v) is 20.0. The van der Waals surface area contributed by atoms with Gasteiger partial charge in [-0.05, 0) is 49.2 Å². The summed E-state index contributed by atoms with van der Waals surface area (Å²) in [4.78, 5) is 50.6. The van der Waals surface area contributed by atoms with Crippen LogP contribution in [0.15, 0.2) is 85.2 Å². The van der Waals surface area contributed by atoms with E-state index in [1.807, 2.05) is 36.5 Å². The van der Waals surface area contributed by atoms with Crippen LogP contribution in [0.1, 0.15) is 50.8 Å². The molecular formula is C29H23N3O5. The molecule has 0 fully saturated rings. The van der Waals surface area contributed by atoms with Gasteiger partial charge < -0.3 is 10.1 Å².